The first-order chi connectivity index (χ1) is 6.60. The Morgan fingerprint density at radius 1 is 1.57 bits per heavy atom. The van der Waals surface area contributed by atoms with E-state index in [1.165, 1.54) is 0 Å². The number of aryl methyl sites for hydroxylation is 1. The molecule has 3 heteroatoms. The molecule has 1 aromatic carbocycles. The second-order valence-corrected chi connectivity index (χ2v) is 3.51. The molecule has 0 radical (unpaired) electrons. The molecule has 0 unspecified atom stereocenters. The molecule has 0 aliphatic rings. The van der Waals surface area contributed by atoms with Gasteiger partial charge in [-0.3, -0.25) is 0 Å². The van der Waals surface area contributed by atoms with E-state index in [0.717, 1.165) is 16.9 Å². The molecule has 0 saturated heterocycles. The zero-order chi connectivity index (χ0) is 10.7. The second kappa shape index (κ2) is 4.49. The molecule has 0 bridgehead atoms. The van der Waals surface area contributed by atoms with Gasteiger partial charge >= 0.3 is 0 Å². The van der Waals surface area contributed by atoms with Crippen molar-refractivity contribution in [2.75, 3.05) is 7.11 Å². The van der Waals surface area contributed by atoms with Gasteiger partial charge in [0.1, 0.15) is 5.75 Å². The predicted octanol–water partition coefficient (Wildman–Crippen LogP) is 2.84. The lowest BCUT2D eigenvalue weighted by atomic mass is 10.0. The molecule has 14 heavy (non-hydrogen) atoms. The number of halogens is 1. The number of benzene rings is 1. The third kappa shape index (κ3) is 2.08. The predicted molar refractivity (Wildman–Crippen MR) is 59.9 cm³/mol. The summed E-state index contributed by atoms with van der Waals surface area (Å²) in [6, 6.07) is 3.45. The highest BCUT2D eigenvalue weighted by atomic mass is 35.5. The Morgan fingerprint density at radius 2 is 2.21 bits per heavy atom. The minimum Gasteiger partial charge on any atom is -0.496 e. The number of hydrogen-bond donors (Lipinski definition) is 1. The van der Waals surface area contributed by atoms with E-state index in [0.29, 0.717) is 5.02 Å². The summed E-state index contributed by atoms with van der Waals surface area (Å²) in [6.07, 6.45) is 1.66. The Balaban J connectivity index is 3.26. The zero-order valence-electron chi connectivity index (χ0n) is 8.38. The van der Waals surface area contributed by atoms with Gasteiger partial charge in [0.15, 0.2) is 0 Å². The van der Waals surface area contributed by atoms with Crippen LogP contribution in [0, 0.1) is 6.92 Å². The summed E-state index contributed by atoms with van der Waals surface area (Å²) in [5, 5.41) is 0.693. The lowest BCUT2D eigenvalue weighted by molar-refractivity contribution is 0.408. The van der Waals surface area contributed by atoms with Crippen molar-refractivity contribution in [1.29, 1.82) is 0 Å². The van der Waals surface area contributed by atoms with Crippen molar-refractivity contribution < 1.29 is 4.74 Å². The smallest absolute Gasteiger partial charge is 0.124 e. The average molecular weight is 212 g/mol. The van der Waals surface area contributed by atoms with E-state index in [4.69, 9.17) is 22.1 Å². The van der Waals surface area contributed by atoms with Crippen LogP contribution >= 0.6 is 11.6 Å². The molecule has 0 spiro atoms. The van der Waals surface area contributed by atoms with Gasteiger partial charge in [0, 0.05) is 10.6 Å². The van der Waals surface area contributed by atoms with E-state index in [1.807, 2.05) is 19.1 Å². The fourth-order valence-corrected chi connectivity index (χ4v) is 1.41. The van der Waals surface area contributed by atoms with E-state index in [1.54, 1.807) is 13.2 Å². The summed E-state index contributed by atoms with van der Waals surface area (Å²) in [5.74, 6) is 0.749. The van der Waals surface area contributed by atoms with Gasteiger partial charge in [0.2, 0.25) is 0 Å². The highest BCUT2D eigenvalue weighted by molar-refractivity contribution is 6.31. The Morgan fingerprint density at radius 3 is 2.71 bits per heavy atom. The fraction of sp³-hybridized carbons (Fsp3) is 0.273. The number of methoxy groups -OCH3 is 1. The van der Waals surface area contributed by atoms with Gasteiger partial charge in [-0.05, 0) is 24.6 Å². The maximum Gasteiger partial charge on any atom is 0.124 e. The zero-order valence-corrected chi connectivity index (χ0v) is 9.14. The van der Waals surface area contributed by atoms with Crippen molar-refractivity contribution >= 4 is 11.6 Å². The summed E-state index contributed by atoms with van der Waals surface area (Å²) < 4.78 is 5.22. The Hall–Kier alpha value is -0.990. The minimum absolute atomic E-state index is 0.247. The first-order valence-corrected chi connectivity index (χ1v) is 4.70. The van der Waals surface area contributed by atoms with Crippen LogP contribution in [-0.2, 0) is 0 Å². The Kier molecular flexibility index (Phi) is 3.55. The van der Waals surface area contributed by atoms with Gasteiger partial charge in [-0.25, -0.2) is 0 Å². The summed E-state index contributed by atoms with van der Waals surface area (Å²) in [5.41, 5.74) is 7.67. The van der Waals surface area contributed by atoms with Crippen LogP contribution < -0.4 is 10.5 Å². The van der Waals surface area contributed by atoms with E-state index >= 15 is 0 Å². The lowest BCUT2D eigenvalue weighted by Gasteiger charge is -2.13. The maximum atomic E-state index is 6.00. The van der Waals surface area contributed by atoms with Gasteiger partial charge in [-0.2, -0.15) is 0 Å². The van der Waals surface area contributed by atoms with Crippen LogP contribution in [0.25, 0.3) is 0 Å². The fourth-order valence-electron chi connectivity index (χ4n) is 1.23. The standard InChI is InChI=1S/C11H14ClNO/c1-4-10(13)8-6-9(12)7(2)5-11(8)14-3/h4-6,10H,1,13H2,2-3H3/t10-/m1/s1. The molecule has 0 fully saturated rings. The topological polar surface area (TPSA) is 35.2 Å². The molecule has 0 heterocycles. The van der Waals surface area contributed by atoms with E-state index in [-0.39, 0.29) is 6.04 Å². The normalized spacial score (nSPS) is 12.3. The highest BCUT2D eigenvalue weighted by Crippen LogP contribution is 2.30. The molecular formula is C11H14ClNO. The minimum atomic E-state index is -0.247. The molecule has 76 valence electrons. The van der Waals surface area contributed by atoms with Gasteiger partial charge < -0.3 is 10.5 Å². The van der Waals surface area contributed by atoms with Crippen molar-refractivity contribution in [2.45, 2.75) is 13.0 Å². The SMILES string of the molecule is C=C[C@@H](N)c1cc(Cl)c(C)cc1OC. The first kappa shape index (κ1) is 11.1. The maximum absolute atomic E-state index is 6.00. The number of nitrogens with two attached hydrogens (primary N) is 1. The molecule has 1 aromatic rings. The Bertz CT molecular complexity index is 349. The van der Waals surface area contributed by atoms with Crippen LogP contribution in [0.4, 0.5) is 0 Å². The van der Waals surface area contributed by atoms with Crippen LogP contribution in [0.5, 0.6) is 5.75 Å². The average Bonchev–Trinajstić information content (AvgIpc) is 2.20. The molecule has 0 aliphatic carbocycles. The van der Waals surface area contributed by atoms with Crippen LogP contribution in [0.15, 0.2) is 24.8 Å². The summed E-state index contributed by atoms with van der Waals surface area (Å²) in [4.78, 5) is 0. The lowest BCUT2D eigenvalue weighted by Crippen LogP contribution is -2.08. The number of rotatable bonds is 3. The van der Waals surface area contributed by atoms with Crippen molar-refractivity contribution in [3.8, 4) is 5.75 Å². The van der Waals surface area contributed by atoms with E-state index < -0.39 is 0 Å². The van der Waals surface area contributed by atoms with Crippen LogP contribution in [0.2, 0.25) is 5.02 Å². The number of hydrogen-bond acceptors (Lipinski definition) is 2. The van der Waals surface area contributed by atoms with Gasteiger partial charge in [-0.1, -0.05) is 17.7 Å². The largest absolute Gasteiger partial charge is 0.496 e. The quantitative estimate of drug-likeness (QED) is 0.781. The van der Waals surface area contributed by atoms with E-state index in [9.17, 15) is 0 Å². The summed E-state index contributed by atoms with van der Waals surface area (Å²) in [6.45, 7) is 5.57. The summed E-state index contributed by atoms with van der Waals surface area (Å²) in [7, 11) is 1.61. The van der Waals surface area contributed by atoms with Gasteiger partial charge in [-0.15, -0.1) is 6.58 Å². The molecule has 0 saturated carbocycles. The van der Waals surface area contributed by atoms with Crippen LogP contribution in [0.3, 0.4) is 0 Å². The molecule has 1 rings (SSSR count). The molecule has 2 N–H and O–H groups in total. The summed E-state index contributed by atoms with van der Waals surface area (Å²) >= 11 is 6.00. The van der Waals surface area contributed by atoms with Gasteiger partial charge in [0.25, 0.3) is 0 Å². The van der Waals surface area contributed by atoms with Crippen molar-refractivity contribution in [3.05, 3.63) is 40.9 Å². The highest BCUT2D eigenvalue weighted by Gasteiger charge is 2.11. The third-order valence-electron chi connectivity index (χ3n) is 2.12. The monoisotopic (exact) mass is 211 g/mol. The Labute approximate surface area is 89.3 Å². The van der Waals surface area contributed by atoms with Crippen molar-refractivity contribution in [1.82, 2.24) is 0 Å². The molecular weight excluding hydrogens is 198 g/mol. The molecule has 0 aromatic heterocycles. The molecule has 0 aliphatic heterocycles. The van der Waals surface area contributed by atoms with Crippen LogP contribution in [-0.4, -0.2) is 7.11 Å². The first-order valence-electron chi connectivity index (χ1n) is 4.32. The number of ether oxygens (including phenoxy) is 1. The molecule has 2 nitrogen and oxygen atoms in total. The van der Waals surface area contributed by atoms with Gasteiger partial charge in [0.05, 0.1) is 13.2 Å². The molecule has 0 amide bonds. The molecule has 1 atom stereocenters. The third-order valence-corrected chi connectivity index (χ3v) is 2.53. The van der Waals surface area contributed by atoms with E-state index in [2.05, 4.69) is 6.58 Å². The van der Waals surface area contributed by atoms with Crippen molar-refractivity contribution in [2.24, 2.45) is 5.73 Å². The van der Waals surface area contributed by atoms with Crippen LogP contribution in [0.1, 0.15) is 17.2 Å². The second-order valence-electron chi connectivity index (χ2n) is 3.10. The van der Waals surface area contributed by atoms with Crippen molar-refractivity contribution in [3.63, 3.8) is 0 Å².